The third-order valence-electron chi connectivity index (χ3n) is 4.68. The van der Waals surface area contributed by atoms with E-state index >= 15 is 0 Å². The number of aromatic nitrogens is 2. The molecule has 0 spiro atoms. The Morgan fingerprint density at radius 2 is 1.82 bits per heavy atom. The molecule has 0 bridgehead atoms. The average molecular weight is 393 g/mol. The van der Waals surface area contributed by atoms with Gasteiger partial charge < -0.3 is 4.42 Å². The summed E-state index contributed by atoms with van der Waals surface area (Å²) in [6.07, 6.45) is 0. The van der Waals surface area contributed by atoms with Gasteiger partial charge in [0.15, 0.2) is 5.43 Å². The lowest BCUT2D eigenvalue weighted by Gasteiger charge is -2.22. The van der Waals surface area contributed by atoms with E-state index in [1.54, 1.807) is 43.3 Å². The summed E-state index contributed by atoms with van der Waals surface area (Å²) in [5, 5.41) is 9.48. The SMILES string of the molecule is Cc1nnc(N2C(=O)c3oc4ccccc4c(=O)c3[C@H]2c2ccc(F)cc2)s1. The first-order valence-corrected chi connectivity index (χ1v) is 9.31. The molecule has 8 heteroatoms. The molecule has 0 unspecified atom stereocenters. The van der Waals surface area contributed by atoms with Crippen LogP contribution in [0.2, 0.25) is 0 Å². The van der Waals surface area contributed by atoms with Crippen LogP contribution < -0.4 is 10.3 Å². The molecule has 28 heavy (non-hydrogen) atoms. The smallest absolute Gasteiger partial charge is 0.297 e. The van der Waals surface area contributed by atoms with Crippen molar-refractivity contribution >= 4 is 33.3 Å². The zero-order valence-corrected chi connectivity index (χ0v) is 15.4. The van der Waals surface area contributed by atoms with E-state index in [9.17, 15) is 14.0 Å². The summed E-state index contributed by atoms with van der Waals surface area (Å²) in [6.45, 7) is 1.78. The van der Waals surface area contributed by atoms with Gasteiger partial charge in [0, 0.05) is 0 Å². The molecule has 0 saturated carbocycles. The molecule has 5 rings (SSSR count). The Kier molecular flexibility index (Phi) is 3.63. The minimum atomic E-state index is -0.767. The van der Waals surface area contributed by atoms with Crippen molar-refractivity contribution in [1.29, 1.82) is 0 Å². The van der Waals surface area contributed by atoms with E-state index in [4.69, 9.17) is 4.42 Å². The molecule has 0 aliphatic carbocycles. The van der Waals surface area contributed by atoms with Crippen LogP contribution in [0, 0.1) is 12.7 Å². The van der Waals surface area contributed by atoms with Crippen molar-refractivity contribution in [2.24, 2.45) is 0 Å². The van der Waals surface area contributed by atoms with Gasteiger partial charge in [0.1, 0.15) is 16.4 Å². The lowest BCUT2D eigenvalue weighted by atomic mass is 9.99. The highest BCUT2D eigenvalue weighted by atomic mass is 32.1. The van der Waals surface area contributed by atoms with E-state index in [0.29, 0.717) is 26.7 Å². The van der Waals surface area contributed by atoms with E-state index in [2.05, 4.69) is 10.2 Å². The minimum absolute atomic E-state index is 0.0223. The molecule has 0 N–H and O–H groups in total. The third kappa shape index (κ3) is 2.38. The number of carbonyl (C=O) groups excluding carboxylic acids is 1. The third-order valence-corrected chi connectivity index (χ3v) is 5.52. The van der Waals surface area contributed by atoms with Gasteiger partial charge in [-0.1, -0.05) is 35.6 Å². The molecular weight excluding hydrogens is 381 g/mol. The number of fused-ring (bicyclic) bond motifs is 2. The monoisotopic (exact) mass is 393 g/mol. The van der Waals surface area contributed by atoms with Gasteiger partial charge in [-0.25, -0.2) is 4.39 Å². The van der Waals surface area contributed by atoms with E-state index < -0.39 is 17.8 Å². The molecule has 4 aromatic rings. The normalized spacial score (nSPS) is 16.0. The first kappa shape index (κ1) is 16.8. The van der Waals surface area contributed by atoms with Gasteiger partial charge in [-0.05, 0) is 36.8 Å². The van der Waals surface area contributed by atoms with E-state index in [0.717, 1.165) is 0 Å². The average Bonchev–Trinajstić information content (AvgIpc) is 3.24. The maximum Gasteiger partial charge on any atom is 0.297 e. The van der Waals surface area contributed by atoms with Gasteiger partial charge in [0.2, 0.25) is 10.9 Å². The molecule has 0 fully saturated rings. The Hall–Kier alpha value is -3.39. The van der Waals surface area contributed by atoms with Crippen LogP contribution in [0.5, 0.6) is 0 Å². The molecule has 1 aliphatic heterocycles. The van der Waals surface area contributed by atoms with Crippen molar-refractivity contribution in [3.63, 3.8) is 0 Å². The number of halogens is 1. The zero-order chi connectivity index (χ0) is 19.4. The molecule has 6 nitrogen and oxygen atoms in total. The molecule has 1 amide bonds. The van der Waals surface area contributed by atoms with Gasteiger partial charge in [0.25, 0.3) is 5.91 Å². The van der Waals surface area contributed by atoms with Crippen molar-refractivity contribution in [2.75, 3.05) is 4.90 Å². The van der Waals surface area contributed by atoms with Crippen molar-refractivity contribution in [1.82, 2.24) is 10.2 Å². The maximum absolute atomic E-state index is 13.5. The Labute approximate surface area is 161 Å². The van der Waals surface area contributed by atoms with Crippen LogP contribution in [0.25, 0.3) is 11.0 Å². The quantitative estimate of drug-likeness (QED) is 0.517. The predicted octanol–water partition coefficient (Wildman–Crippen LogP) is 3.84. The number of aryl methyl sites for hydroxylation is 1. The number of anilines is 1. The van der Waals surface area contributed by atoms with Crippen LogP contribution in [-0.4, -0.2) is 16.1 Å². The number of carbonyl (C=O) groups is 1. The van der Waals surface area contributed by atoms with Crippen molar-refractivity contribution in [3.8, 4) is 0 Å². The van der Waals surface area contributed by atoms with Gasteiger partial charge in [-0.15, -0.1) is 10.2 Å². The summed E-state index contributed by atoms with van der Waals surface area (Å²) in [4.78, 5) is 27.9. The first-order valence-electron chi connectivity index (χ1n) is 8.49. The van der Waals surface area contributed by atoms with Gasteiger partial charge in [-0.3, -0.25) is 14.5 Å². The van der Waals surface area contributed by atoms with Crippen LogP contribution >= 0.6 is 11.3 Å². The second kappa shape index (κ2) is 6.07. The minimum Gasteiger partial charge on any atom is -0.450 e. The number of amides is 1. The summed E-state index contributed by atoms with van der Waals surface area (Å²) >= 11 is 1.24. The van der Waals surface area contributed by atoms with Gasteiger partial charge >= 0.3 is 0 Å². The number of benzene rings is 2. The fraction of sp³-hybridized carbons (Fsp3) is 0.100. The van der Waals surface area contributed by atoms with Gasteiger partial charge in [0.05, 0.1) is 17.0 Å². The van der Waals surface area contributed by atoms with Gasteiger partial charge in [-0.2, -0.15) is 0 Å². The summed E-state index contributed by atoms with van der Waals surface area (Å²) in [6, 6.07) is 11.7. The van der Waals surface area contributed by atoms with Crippen LogP contribution in [0.3, 0.4) is 0 Å². The number of para-hydroxylation sites is 1. The molecule has 1 atom stereocenters. The molecule has 2 aromatic heterocycles. The lowest BCUT2D eigenvalue weighted by Crippen LogP contribution is -2.29. The fourth-order valence-electron chi connectivity index (χ4n) is 3.46. The summed E-state index contributed by atoms with van der Waals surface area (Å²) < 4.78 is 19.3. The Balaban J connectivity index is 1.82. The Bertz CT molecular complexity index is 1300. The van der Waals surface area contributed by atoms with Crippen LogP contribution in [0.4, 0.5) is 9.52 Å². The predicted molar refractivity (Wildman–Crippen MR) is 102 cm³/mol. The molecule has 1 aliphatic rings. The highest BCUT2D eigenvalue weighted by molar-refractivity contribution is 7.15. The zero-order valence-electron chi connectivity index (χ0n) is 14.5. The molecule has 2 aromatic carbocycles. The summed E-state index contributed by atoms with van der Waals surface area (Å²) in [7, 11) is 0. The molecule has 3 heterocycles. The van der Waals surface area contributed by atoms with Crippen LogP contribution in [0.1, 0.15) is 32.7 Å². The largest absolute Gasteiger partial charge is 0.450 e. The van der Waals surface area contributed by atoms with E-state index in [1.165, 1.54) is 28.4 Å². The highest BCUT2D eigenvalue weighted by Crippen LogP contribution is 2.41. The van der Waals surface area contributed by atoms with Crippen molar-refractivity contribution in [2.45, 2.75) is 13.0 Å². The second-order valence-electron chi connectivity index (χ2n) is 6.40. The molecule has 138 valence electrons. The van der Waals surface area contributed by atoms with Crippen molar-refractivity contribution < 1.29 is 13.6 Å². The number of hydrogen-bond acceptors (Lipinski definition) is 6. The Morgan fingerprint density at radius 1 is 1.07 bits per heavy atom. The van der Waals surface area contributed by atoms with Crippen molar-refractivity contribution in [3.05, 3.63) is 86.5 Å². The van der Waals surface area contributed by atoms with E-state index in [1.807, 2.05) is 0 Å². The van der Waals surface area contributed by atoms with Crippen LogP contribution in [0.15, 0.2) is 57.7 Å². The second-order valence-corrected chi connectivity index (χ2v) is 7.56. The van der Waals surface area contributed by atoms with Crippen LogP contribution in [-0.2, 0) is 0 Å². The number of rotatable bonds is 2. The summed E-state index contributed by atoms with van der Waals surface area (Å²) in [5.74, 6) is -0.897. The molecule has 0 radical (unpaired) electrons. The molecular formula is C20H12FN3O3S. The lowest BCUT2D eigenvalue weighted by molar-refractivity contribution is 0.0970. The van der Waals surface area contributed by atoms with E-state index in [-0.39, 0.29) is 16.8 Å². The Morgan fingerprint density at radius 3 is 2.54 bits per heavy atom. The standard InChI is InChI=1S/C20H12FN3O3S/c1-10-22-23-20(28-10)24-16(11-6-8-12(21)9-7-11)15-17(25)13-4-2-3-5-14(13)27-18(15)19(24)26/h2-9,16H,1H3/t16-/m1/s1. The number of hydrogen-bond donors (Lipinski definition) is 0. The topological polar surface area (TPSA) is 76.3 Å². The maximum atomic E-state index is 13.5. The number of nitrogens with zero attached hydrogens (tertiary/aromatic N) is 3. The highest BCUT2D eigenvalue weighted by Gasteiger charge is 2.45. The first-order chi connectivity index (χ1) is 13.5. The molecule has 0 saturated heterocycles. The summed E-state index contributed by atoms with van der Waals surface area (Å²) in [5.41, 5.74) is 0.864. The fourth-order valence-corrected chi connectivity index (χ4v) is 4.18.